The van der Waals surface area contributed by atoms with Gasteiger partial charge >= 0.3 is 0 Å². The Morgan fingerprint density at radius 2 is 2.04 bits per heavy atom. The Labute approximate surface area is 165 Å². The molecule has 3 rings (SSSR count). The van der Waals surface area contributed by atoms with Crippen LogP contribution in [-0.2, 0) is 5.54 Å². The van der Waals surface area contributed by atoms with Gasteiger partial charge in [-0.1, -0.05) is 29.8 Å². The summed E-state index contributed by atoms with van der Waals surface area (Å²) in [6.45, 7) is 6.61. The summed E-state index contributed by atoms with van der Waals surface area (Å²) in [6, 6.07) is 7.45. The maximum atomic E-state index is 12.8. The summed E-state index contributed by atoms with van der Waals surface area (Å²) in [7, 11) is 0. The first kappa shape index (κ1) is 20.7. The molecule has 1 aliphatic carbocycles. The molecule has 1 aromatic carbocycles. The first-order chi connectivity index (χ1) is 11.8. The van der Waals surface area contributed by atoms with Gasteiger partial charge in [0.25, 0.3) is 5.91 Å². The molecule has 1 fully saturated rings. The number of halogens is 2. The molecule has 2 aromatic rings. The van der Waals surface area contributed by atoms with E-state index in [2.05, 4.69) is 10.4 Å². The molecule has 0 aliphatic heterocycles. The molecular formula is C19H26Cl2N4O. The van der Waals surface area contributed by atoms with Gasteiger partial charge in [-0.25, -0.2) is 0 Å². The number of hydrogen-bond acceptors (Lipinski definition) is 3. The number of nitrogens with zero attached hydrogens (tertiary/aromatic N) is 2. The van der Waals surface area contributed by atoms with Crippen LogP contribution in [0.1, 0.15) is 44.0 Å². The maximum Gasteiger partial charge on any atom is 0.255 e. The quantitative estimate of drug-likeness (QED) is 0.805. The monoisotopic (exact) mass is 396 g/mol. The van der Waals surface area contributed by atoms with Crippen LogP contribution < -0.4 is 11.1 Å². The van der Waals surface area contributed by atoms with Crippen molar-refractivity contribution in [2.24, 2.45) is 11.7 Å². The Morgan fingerprint density at radius 3 is 2.62 bits per heavy atom. The Kier molecular flexibility index (Phi) is 6.37. The summed E-state index contributed by atoms with van der Waals surface area (Å²) < 4.78 is 1.81. The van der Waals surface area contributed by atoms with E-state index in [9.17, 15) is 4.79 Å². The maximum absolute atomic E-state index is 12.8. The van der Waals surface area contributed by atoms with Crippen LogP contribution in [0.4, 0.5) is 0 Å². The number of carbonyl (C=O) groups is 1. The molecule has 0 bridgehead atoms. The van der Waals surface area contributed by atoms with E-state index in [0.29, 0.717) is 28.7 Å². The van der Waals surface area contributed by atoms with Gasteiger partial charge < -0.3 is 11.1 Å². The number of nitrogens with one attached hydrogen (secondary N) is 1. The minimum absolute atomic E-state index is 0. The van der Waals surface area contributed by atoms with Gasteiger partial charge in [-0.2, -0.15) is 5.10 Å². The van der Waals surface area contributed by atoms with Crippen molar-refractivity contribution in [2.45, 2.75) is 45.2 Å². The molecule has 0 saturated heterocycles. The molecule has 1 aromatic heterocycles. The van der Waals surface area contributed by atoms with Gasteiger partial charge in [-0.3, -0.25) is 9.48 Å². The number of carbonyl (C=O) groups excluding carboxylic acids is 1. The van der Waals surface area contributed by atoms with Crippen LogP contribution in [0.15, 0.2) is 30.5 Å². The Morgan fingerprint density at radius 1 is 1.38 bits per heavy atom. The standard InChI is InChI=1S/C19H25ClN4O.ClH/c1-19(2,3)24-11-14(18(25)22-10-16(21)12-8-9-12)17(23-24)13-6-4-5-7-15(13)20;/h4-7,11-12,16H,8-10,21H2,1-3H3,(H,22,25);1H. The normalized spacial score (nSPS) is 15.3. The lowest BCUT2D eigenvalue weighted by atomic mass is 10.1. The van der Waals surface area contributed by atoms with Crippen LogP contribution in [0.5, 0.6) is 0 Å². The predicted octanol–water partition coefficient (Wildman–Crippen LogP) is 3.85. The van der Waals surface area contributed by atoms with Crippen LogP contribution >= 0.6 is 24.0 Å². The summed E-state index contributed by atoms with van der Waals surface area (Å²) in [4.78, 5) is 12.8. The molecule has 142 valence electrons. The van der Waals surface area contributed by atoms with E-state index in [1.165, 1.54) is 0 Å². The second-order valence-corrected chi connectivity index (χ2v) is 8.11. The highest BCUT2D eigenvalue weighted by molar-refractivity contribution is 6.33. The number of amides is 1. The van der Waals surface area contributed by atoms with E-state index in [1.54, 1.807) is 16.9 Å². The van der Waals surface area contributed by atoms with Crippen molar-refractivity contribution in [2.75, 3.05) is 6.54 Å². The third-order valence-electron chi connectivity index (χ3n) is 4.50. The third kappa shape index (κ3) is 4.58. The fourth-order valence-electron chi connectivity index (χ4n) is 2.73. The van der Waals surface area contributed by atoms with E-state index in [4.69, 9.17) is 17.3 Å². The molecule has 1 atom stereocenters. The fourth-order valence-corrected chi connectivity index (χ4v) is 2.96. The molecular weight excluding hydrogens is 371 g/mol. The highest BCUT2D eigenvalue weighted by Crippen LogP contribution is 2.32. The largest absolute Gasteiger partial charge is 0.350 e. The number of hydrogen-bond donors (Lipinski definition) is 2. The minimum Gasteiger partial charge on any atom is -0.350 e. The summed E-state index contributed by atoms with van der Waals surface area (Å²) in [5.41, 5.74) is 7.73. The number of nitrogens with two attached hydrogens (primary N) is 1. The van der Waals surface area contributed by atoms with Crippen molar-refractivity contribution in [3.8, 4) is 11.3 Å². The second-order valence-electron chi connectivity index (χ2n) is 7.70. The van der Waals surface area contributed by atoms with E-state index in [-0.39, 0.29) is 29.9 Å². The van der Waals surface area contributed by atoms with Gasteiger partial charge in [0.05, 0.1) is 16.1 Å². The molecule has 1 unspecified atom stereocenters. The Balaban J connectivity index is 0.00000243. The lowest BCUT2D eigenvalue weighted by Crippen LogP contribution is -2.38. The van der Waals surface area contributed by atoms with Crippen molar-refractivity contribution in [3.63, 3.8) is 0 Å². The average Bonchev–Trinajstić information content (AvgIpc) is 3.30. The topological polar surface area (TPSA) is 72.9 Å². The van der Waals surface area contributed by atoms with Crippen LogP contribution in [-0.4, -0.2) is 28.3 Å². The van der Waals surface area contributed by atoms with E-state index in [0.717, 1.165) is 18.4 Å². The zero-order valence-corrected chi connectivity index (χ0v) is 16.9. The Hall–Kier alpha value is -1.56. The highest BCUT2D eigenvalue weighted by atomic mass is 35.5. The SMILES string of the molecule is CC(C)(C)n1cc(C(=O)NCC(N)C2CC2)c(-c2ccccc2Cl)n1.Cl. The van der Waals surface area contributed by atoms with Crippen molar-refractivity contribution >= 4 is 29.9 Å². The van der Waals surface area contributed by atoms with Gasteiger partial charge in [0.15, 0.2) is 0 Å². The molecule has 3 N–H and O–H groups in total. The summed E-state index contributed by atoms with van der Waals surface area (Å²) >= 11 is 6.34. The number of benzene rings is 1. The highest BCUT2D eigenvalue weighted by Gasteiger charge is 2.29. The lowest BCUT2D eigenvalue weighted by molar-refractivity contribution is 0.0950. The van der Waals surface area contributed by atoms with Crippen molar-refractivity contribution in [1.29, 1.82) is 0 Å². The molecule has 7 heteroatoms. The Bertz CT molecular complexity index is 778. The molecule has 1 aliphatic rings. The molecule has 1 heterocycles. The van der Waals surface area contributed by atoms with Gasteiger partial charge in [-0.15, -0.1) is 12.4 Å². The third-order valence-corrected chi connectivity index (χ3v) is 4.83. The molecule has 0 radical (unpaired) electrons. The van der Waals surface area contributed by atoms with Gasteiger partial charge in [0.1, 0.15) is 5.69 Å². The zero-order chi connectivity index (χ0) is 18.2. The van der Waals surface area contributed by atoms with Crippen LogP contribution in [0, 0.1) is 5.92 Å². The lowest BCUT2D eigenvalue weighted by Gasteiger charge is -2.18. The van der Waals surface area contributed by atoms with Crippen molar-refractivity contribution in [3.05, 3.63) is 41.0 Å². The first-order valence-corrected chi connectivity index (χ1v) is 9.04. The van der Waals surface area contributed by atoms with E-state index < -0.39 is 0 Å². The predicted molar refractivity (Wildman–Crippen MR) is 108 cm³/mol. The second kappa shape index (κ2) is 7.99. The van der Waals surface area contributed by atoms with E-state index in [1.807, 2.05) is 39.0 Å². The van der Waals surface area contributed by atoms with Crippen LogP contribution in [0.3, 0.4) is 0 Å². The summed E-state index contributed by atoms with van der Waals surface area (Å²) in [5, 5.41) is 8.18. The van der Waals surface area contributed by atoms with Crippen LogP contribution in [0.25, 0.3) is 11.3 Å². The van der Waals surface area contributed by atoms with Crippen molar-refractivity contribution in [1.82, 2.24) is 15.1 Å². The number of rotatable bonds is 5. The van der Waals surface area contributed by atoms with Crippen LogP contribution in [0.2, 0.25) is 5.02 Å². The summed E-state index contributed by atoms with van der Waals surface area (Å²) in [5.74, 6) is 0.377. The zero-order valence-electron chi connectivity index (χ0n) is 15.3. The number of aromatic nitrogens is 2. The molecule has 5 nitrogen and oxygen atoms in total. The molecule has 1 amide bonds. The molecule has 1 saturated carbocycles. The van der Waals surface area contributed by atoms with Gasteiger partial charge in [0, 0.05) is 24.3 Å². The van der Waals surface area contributed by atoms with Gasteiger partial charge in [0.2, 0.25) is 0 Å². The average molecular weight is 397 g/mol. The first-order valence-electron chi connectivity index (χ1n) is 8.66. The van der Waals surface area contributed by atoms with Gasteiger partial charge in [-0.05, 0) is 45.6 Å². The fraction of sp³-hybridized carbons (Fsp3) is 0.474. The minimum atomic E-state index is -0.237. The molecule has 0 spiro atoms. The van der Waals surface area contributed by atoms with E-state index >= 15 is 0 Å². The smallest absolute Gasteiger partial charge is 0.255 e. The summed E-state index contributed by atoms with van der Waals surface area (Å²) in [6.07, 6.45) is 4.10. The molecule has 26 heavy (non-hydrogen) atoms. The van der Waals surface area contributed by atoms with Crippen molar-refractivity contribution < 1.29 is 4.79 Å².